The first kappa shape index (κ1) is 17.9. The van der Waals surface area contributed by atoms with Crippen LogP contribution in [0, 0.1) is 0 Å². The maximum atomic E-state index is 12.4. The van der Waals surface area contributed by atoms with E-state index in [0.29, 0.717) is 43.9 Å². The van der Waals surface area contributed by atoms with Crippen LogP contribution in [0.25, 0.3) is 0 Å². The van der Waals surface area contributed by atoms with Crippen LogP contribution < -0.4 is 0 Å². The lowest BCUT2D eigenvalue weighted by molar-refractivity contribution is -0.133. The van der Waals surface area contributed by atoms with Crippen molar-refractivity contribution in [2.45, 2.75) is 51.1 Å². The number of amides is 1. The van der Waals surface area contributed by atoms with E-state index in [4.69, 9.17) is 9.26 Å². The summed E-state index contributed by atoms with van der Waals surface area (Å²) in [7, 11) is 5.45. The smallest absolute Gasteiger partial charge is 0.240 e. The molecule has 0 aromatic carbocycles. The Morgan fingerprint density at radius 2 is 2.04 bits per heavy atom. The molecule has 7 nitrogen and oxygen atoms in total. The summed E-state index contributed by atoms with van der Waals surface area (Å²) in [6.07, 6.45) is 6.62. The second-order valence-electron chi connectivity index (χ2n) is 6.32. The summed E-state index contributed by atoms with van der Waals surface area (Å²) in [5.41, 5.74) is 0. The molecular weight excluding hydrogens is 296 g/mol. The largest absolute Gasteiger partial charge is 0.384 e. The van der Waals surface area contributed by atoms with Gasteiger partial charge in [0.2, 0.25) is 11.8 Å². The first-order chi connectivity index (χ1) is 11.1. The molecule has 130 valence electrons. The first-order valence-electron chi connectivity index (χ1n) is 8.34. The van der Waals surface area contributed by atoms with Crippen molar-refractivity contribution in [1.82, 2.24) is 19.9 Å². The van der Waals surface area contributed by atoms with E-state index < -0.39 is 0 Å². The highest BCUT2D eigenvalue weighted by molar-refractivity contribution is 5.78. The van der Waals surface area contributed by atoms with Gasteiger partial charge in [0.1, 0.15) is 0 Å². The second kappa shape index (κ2) is 8.98. The Labute approximate surface area is 138 Å². The van der Waals surface area contributed by atoms with Gasteiger partial charge < -0.3 is 14.2 Å². The number of aromatic nitrogens is 2. The predicted octanol–water partition coefficient (Wildman–Crippen LogP) is 1.48. The van der Waals surface area contributed by atoms with Gasteiger partial charge in [-0.15, -0.1) is 0 Å². The number of rotatable bonds is 8. The highest BCUT2D eigenvalue weighted by Crippen LogP contribution is 2.21. The van der Waals surface area contributed by atoms with E-state index in [0.717, 1.165) is 12.8 Å². The molecule has 1 aromatic rings. The number of likely N-dealkylation sites (N-methyl/N-ethyl adjacent to an activating group) is 2. The highest BCUT2D eigenvalue weighted by Gasteiger charge is 2.23. The molecule has 1 aliphatic rings. The molecule has 0 radical (unpaired) electrons. The van der Waals surface area contributed by atoms with Gasteiger partial charge in [0.15, 0.2) is 5.82 Å². The van der Waals surface area contributed by atoms with Crippen LogP contribution in [0.3, 0.4) is 0 Å². The molecule has 0 saturated heterocycles. The van der Waals surface area contributed by atoms with Crippen molar-refractivity contribution in [3.63, 3.8) is 0 Å². The van der Waals surface area contributed by atoms with Crippen LogP contribution in [0.2, 0.25) is 0 Å². The topological polar surface area (TPSA) is 71.7 Å². The van der Waals surface area contributed by atoms with E-state index in [1.165, 1.54) is 19.3 Å². The van der Waals surface area contributed by atoms with E-state index in [1.807, 2.05) is 23.9 Å². The molecule has 1 saturated carbocycles. The first-order valence-corrected chi connectivity index (χ1v) is 8.34. The number of methoxy groups -OCH3 is 1. The number of carbonyl (C=O) groups is 1. The van der Waals surface area contributed by atoms with Gasteiger partial charge in [-0.25, -0.2) is 0 Å². The van der Waals surface area contributed by atoms with Gasteiger partial charge in [-0.3, -0.25) is 9.69 Å². The van der Waals surface area contributed by atoms with E-state index >= 15 is 0 Å². The zero-order valence-corrected chi connectivity index (χ0v) is 14.5. The number of ether oxygens (including phenoxy) is 1. The SMILES string of the molecule is COCCc1noc(CN(C)CC(=O)N(C)C2CCCCC2)n1. The lowest BCUT2D eigenvalue weighted by atomic mass is 9.94. The third-order valence-corrected chi connectivity index (χ3v) is 4.37. The van der Waals surface area contributed by atoms with E-state index in [9.17, 15) is 4.79 Å². The van der Waals surface area contributed by atoms with Crippen LogP contribution in [-0.2, 0) is 22.5 Å². The van der Waals surface area contributed by atoms with Crippen LogP contribution in [-0.4, -0.2) is 66.2 Å². The Morgan fingerprint density at radius 3 is 2.74 bits per heavy atom. The summed E-state index contributed by atoms with van der Waals surface area (Å²) >= 11 is 0. The van der Waals surface area contributed by atoms with E-state index in [1.54, 1.807) is 7.11 Å². The monoisotopic (exact) mass is 324 g/mol. The fourth-order valence-corrected chi connectivity index (χ4v) is 2.95. The molecule has 0 spiro atoms. The van der Waals surface area contributed by atoms with Crippen molar-refractivity contribution in [2.24, 2.45) is 0 Å². The fourth-order valence-electron chi connectivity index (χ4n) is 2.95. The summed E-state index contributed by atoms with van der Waals surface area (Å²) in [4.78, 5) is 20.5. The number of carbonyl (C=O) groups excluding carboxylic acids is 1. The molecule has 1 aliphatic carbocycles. The van der Waals surface area contributed by atoms with Crippen molar-refractivity contribution < 1.29 is 14.1 Å². The van der Waals surface area contributed by atoms with Crippen molar-refractivity contribution in [1.29, 1.82) is 0 Å². The maximum absolute atomic E-state index is 12.4. The quantitative estimate of drug-likeness (QED) is 0.721. The molecular formula is C16H28N4O3. The maximum Gasteiger partial charge on any atom is 0.240 e. The summed E-state index contributed by atoms with van der Waals surface area (Å²) in [5.74, 6) is 1.33. The van der Waals surface area contributed by atoms with Gasteiger partial charge >= 0.3 is 0 Å². The molecule has 1 amide bonds. The standard InChI is InChI=1S/C16H28N4O3/c1-19(11-15-17-14(18-23-15)9-10-22-3)12-16(21)20(2)13-7-5-4-6-8-13/h13H,4-12H2,1-3H3. The Bertz CT molecular complexity index is 485. The number of hydrogen-bond acceptors (Lipinski definition) is 6. The summed E-state index contributed by atoms with van der Waals surface area (Å²) in [5, 5.41) is 3.91. The molecule has 1 fully saturated rings. The van der Waals surface area contributed by atoms with Crippen LogP contribution in [0.15, 0.2) is 4.52 Å². The highest BCUT2D eigenvalue weighted by atomic mass is 16.5. The van der Waals surface area contributed by atoms with Crippen LogP contribution in [0.5, 0.6) is 0 Å². The predicted molar refractivity (Wildman–Crippen MR) is 85.9 cm³/mol. The summed E-state index contributed by atoms with van der Waals surface area (Å²) in [6, 6.07) is 0.397. The molecule has 0 aliphatic heterocycles. The average molecular weight is 324 g/mol. The van der Waals surface area contributed by atoms with Crippen LogP contribution >= 0.6 is 0 Å². The molecule has 0 bridgehead atoms. The average Bonchev–Trinajstić information content (AvgIpc) is 3.00. The van der Waals surface area contributed by atoms with Gasteiger partial charge in [0.25, 0.3) is 0 Å². The van der Waals surface area contributed by atoms with Crippen LogP contribution in [0.4, 0.5) is 0 Å². The molecule has 1 aromatic heterocycles. The summed E-state index contributed by atoms with van der Waals surface area (Å²) < 4.78 is 10.2. The Hall–Kier alpha value is -1.47. The molecule has 0 N–H and O–H groups in total. The molecule has 2 rings (SSSR count). The Morgan fingerprint density at radius 1 is 1.30 bits per heavy atom. The van der Waals surface area contributed by atoms with Crippen molar-refractivity contribution >= 4 is 5.91 Å². The lowest BCUT2D eigenvalue weighted by Gasteiger charge is -2.32. The van der Waals surface area contributed by atoms with Crippen LogP contribution in [0.1, 0.15) is 43.8 Å². The molecule has 0 atom stereocenters. The normalized spacial score (nSPS) is 16.0. The Kier molecular flexibility index (Phi) is 6.98. The zero-order chi connectivity index (χ0) is 16.7. The number of nitrogens with zero attached hydrogens (tertiary/aromatic N) is 4. The third-order valence-electron chi connectivity index (χ3n) is 4.37. The minimum Gasteiger partial charge on any atom is -0.384 e. The van der Waals surface area contributed by atoms with Gasteiger partial charge in [-0.05, 0) is 19.9 Å². The van der Waals surface area contributed by atoms with E-state index in [-0.39, 0.29) is 5.91 Å². The summed E-state index contributed by atoms with van der Waals surface area (Å²) in [6.45, 7) is 1.41. The van der Waals surface area contributed by atoms with Gasteiger partial charge in [-0.2, -0.15) is 4.98 Å². The van der Waals surface area contributed by atoms with Crippen molar-refractivity contribution in [3.8, 4) is 0 Å². The van der Waals surface area contributed by atoms with Gasteiger partial charge in [0, 0.05) is 26.6 Å². The van der Waals surface area contributed by atoms with E-state index in [2.05, 4.69) is 10.1 Å². The van der Waals surface area contributed by atoms with Crippen molar-refractivity contribution in [2.75, 3.05) is 34.4 Å². The molecule has 23 heavy (non-hydrogen) atoms. The lowest BCUT2D eigenvalue weighted by Crippen LogP contribution is -2.43. The second-order valence-corrected chi connectivity index (χ2v) is 6.32. The zero-order valence-electron chi connectivity index (χ0n) is 14.5. The molecule has 7 heteroatoms. The van der Waals surface area contributed by atoms with Crippen molar-refractivity contribution in [3.05, 3.63) is 11.7 Å². The molecule has 1 heterocycles. The minimum atomic E-state index is 0.151. The van der Waals surface area contributed by atoms with Gasteiger partial charge in [0.05, 0.1) is 19.7 Å². The Balaban J connectivity index is 1.77. The molecule has 0 unspecified atom stereocenters. The number of hydrogen-bond donors (Lipinski definition) is 0. The van der Waals surface area contributed by atoms with Gasteiger partial charge in [-0.1, -0.05) is 24.4 Å². The fraction of sp³-hybridized carbons (Fsp3) is 0.812. The third kappa shape index (κ3) is 5.58. The minimum absolute atomic E-state index is 0.151.